The van der Waals surface area contributed by atoms with Crippen molar-refractivity contribution in [3.8, 4) is 27.4 Å². The van der Waals surface area contributed by atoms with E-state index in [1.165, 1.54) is 32.2 Å². The van der Waals surface area contributed by atoms with Gasteiger partial charge in [0.25, 0.3) is 0 Å². The van der Waals surface area contributed by atoms with E-state index in [1.54, 1.807) is 23.4 Å². The van der Waals surface area contributed by atoms with Crippen LogP contribution in [0.5, 0.6) is 5.75 Å². The minimum Gasteiger partial charge on any atom is -0.484 e. The maximum atomic E-state index is 13.7. The molecule has 1 saturated heterocycles. The minimum atomic E-state index is -4.56. The van der Waals surface area contributed by atoms with Gasteiger partial charge in [0, 0.05) is 55.1 Å². The van der Waals surface area contributed by atoms with Gasteiger partial charge in [-0.25, -0.2) is 14.6 Å². The summed E-state index contributed by atoms with van der Waals surface area (Å²) in [5, 5.41) is 4.51. The van der Waals surface area contributed by atoms with Crippen molar-refractivity contribution in [3.05, 3.63) is 83.3 Å². The number of pyridine rings is 1. The fraction of sp³-hybridized carbons (Fsp3) is 0.353. The van der Waals surface area contributed by atoms with Gasteiger partial charge in [0.05, 0.1) is 35.6 Å². The van der Waals surface area contributed by atoms with E-state index >= 15 is 0 Å². The van der Waals surface area contributed by atoms with Crippen LogP contribution in [0.3, 0.4) is 0 Å². The standard InChI is InChI=1S/C34H34F3N5O5S/c1-20(24-8-6-7-9-25(24)34(35,36)37)46-27-13-28(48-30(27)31(43)45-5)26-15-38-29-12-22(10-11-42(26)29)23-14-39-41(19-23)18-21-16-40(17-21)32(44)47-33(2,3)4/h6-15,19-21H,16-18H2,1-5H3. The van der Waals surface area contributed by atoms with E-state index in [-0.39, 0.29) is 28.2 Å². The molecule has 1 aromatic carbocycles. The molecule has 0 N–H and O–H groups in total. The second-order valence-electron chi connectivity index (χ2n) is 12.6. The van der Waals surface area contributed by atoms with Crippen molar-refractivity contribution in [1.29, 1.82) is 0 Å². The van der Waals surface area contributed by atoms with E-state index in [0.29, 0.717) is 35.9 Å². The van der Waals surface area contributed by atoms with Crippen LogP contribution in [0.25, 0.3) is 27.3 Å². The topological polar surface area (TPSA) is 100 Å². The number of fused-ring (bicyclic) bond motifs is 1. The van der Waals surface area contributed by atoms with E-state index < -0.39 is 29.4 Å². The molecule has 0 bridgehead atoms. The Morgan fingerprint density at radius 3 is 2.52 bits per heavy atom. The highest BCUT2D eigenvalue weighted by Crippen LogP contribution is 2.41. The SMILES string of the molecule is COC(=O)c1sc(-c2cnc3cc(-c4cnn(CC5CN(C(=O)OC(C)(C)C)C5)c4)ccn23)cc1OC(C)c1ccccc1C(F)(F)F. The number of nitrogens with zero attached hydrogens (tertiary/aromatic N) is 5. The van der Waals surface area contributed by atoms with E-state index in [4.69, 9.17) is 14.2 Å². The molecule has 0 aliphatic carbocycles. The van der Waals surface area contributed by atoms with Crippen molar-refractivity contribution in [2.24, 2.45) is 5.92 Å². The molecule has 0 saturated carbocycles. The Morgan fingerprint density at radius 2 is 1.81 bits per heavy atom. The number of thiophene rings is 1. The average Bonchev–Trinajstić information content (AvgIpc) is 3.75. The fourth-order valence-corrected chi connectivity index (χ4v) is 6.58. The summed E-state index contributed by atoms with van der Waals surface area (Å²) in [6.45, 7) is 8.93. The molecular formula is C34H34F3N5O5S. The van der Waals surface area contributed by atoms with Crippen LogP contribution in [0.2, 0.25) is 0 Å². The molecule has 1 atom stereocenters. The maximum Gasteiger partial charge on any atom is 0.416 e. The van der Waals surface area contributed by atoms with Gasteiger partial charge in [-0.05, 0) is 51.5 Å². The van der Waals surface area contributed by atoms with Crippen molar-refractivity contribution >= 4 is 29.0 Å². The molecule has 0 radical (unpaired) electrons. The van der Waals surface area contributed by atoms with Gasteiger partial charge in [0.1, 0.15) is 23.1 Å². The minimum absolute atomic E-state index is 0.0466. The number of amides is 1. The van der Waals surface area contributed by atoms with Crippen LogP contribution in [0, 0.1) is 5.92 Å². The number of likely N-dealkylation sites (tertiary alicyclic amines) is 1. The normalized spacial score (nSPS) is 14.5. The average molecular weight is 682 g/mol. The van der Waals surface area contributed by atoms with Crippen LogP contribution in [0.4, 0.5) is 18.0 Å². The van der Waals surface area contributed by atoms with Gasteiger partial charge in [0.15, 0.2) is 4.88 Å². The van der Waals surface area contributed by atoms with Crippen LogP contribution in [0.1, 0.15) is 54.6 Å². The number of hydrogen-bond acceptors (Lipinski definition) is 8. The number of hydrogen-bond donors (Lipinski definition) is 0. The molecule has 0 spiro atoms. The highest BCUT2D eigenvalue weighted by Gasteiger charge is 2.36. The van der Waals surface area contributed by atoms with E-state index in [9.17, 15) is 22.8 Å². The van der Waals surface area contributed by atoms with Crippen molar-refractivity contribution in [1.82, 2.24) is 24.1 Å². The number of ether oxygens (including phenoxy) is 3. The van der Waals surface area contributed by atoms with Crippen molar-refractivity contribution in [3.63, 3.8) is 0 Å². The third-order valence-corrected chi connectivity index (χ3v) is 8.98. The third kappa shape index (κ3) is 6.89. The predicted octanol–water partition coefficient (Wildman–Crippen LogP) is 7.74. The van der Waals surface area contributed by atoms with Gasteiger partial charge in [-0.2, -0.15) is 18.3 Å². The molecule has 1 aliphatic rings. The van der Waals surface area contributed by atoms with Crippen LogP contribution in [0.15, 0.2) is 67.3 Å². The number of imidazole rings is 1. The molecule has 1 fully saturated rings. The summed E-state index contributed by atoms with van der Waals surface area (Å²) in [6, 6.07) is 10.7. The number of aromatic nitrogens is 4. The Hall–Kier alpha value is -4.85. The monoisotopic (exact) mass is 681 g/mol. The van der Waals surface area contributed by atoms with Gasteiger partial charge < -0.3 is 19.1 Å². The first-order valence-electron chi connectivity index (χ1n) is 15.2. The lowest BCUT2D eigenvalue weighted by Gasteiger charge is -2.39. The molecular weight excluding hydrogens is 647 g/mol. The Balaban J connectivity index is 1.19. The van der Waals surface area contributed by atoms with E-state index in [0.717, 1.165) is 28.5 Å². The first kappa shape index (κ1) is 33.1. The first-order chi connectivity index (χ1) is 22.7. The number of carbonyl (C=O) groups excluding carboxylic acids is 2. The van der Waals surface area contributed by atoms with Crippen molar-refractivity contribution in [2.75, 3.05) is 20.2 Å². The smallest absolute Gasteiger partial charge is 0.416 e. The summed E-state index contributed by atoms with van der Waals surface area (Å²) >= 11 is 1.10. The molecule has 48 heavy (non-hydrogen) atoms. The number of benzene rings is 1. The zero-order valence-corrected chi connectivity index (χ0v) is 27.8. The highest BCUT2D eigenvalue weighted by atomic mass is 32.1. The Morgan fingerprint density at radius 1 is 1.06 bits per heavy atom. The molecule has 1 amide bonds. The molecule has 1 aliphatic heterocycles. The number of rotatable bonds is 8. The van der Waals surface area contributed by atoms with E-state index in [1.807, 2.05) is 54.4 Å². The van der Waals surface area contributed by atoms with Crippen molar-refractivity contribution < 1.29 is 37.0 Å². The zero-order chi connectivity index (χ0) is 34.4. The van der Waals surface area contributed by atoms with Gasteiger partial charge in [-0.1, -0.05) is 18.2 Å². The Kier molecular flexibility index (Phi) is 8.71. The summed E-state index contributed by atoms with van der Waals surface area (Å²) in [7, 11) is 1.23. The van der Waals surface area contributed by atoms with Gasteiger partial charge >= 0.3 is 18.2 Å². The van der Waals surface area contributed by atoms with Crippen molar-refractivity contribution in [2.45, 2.75) is 52.1 Å². The summed E-state index contributed by atoms with van der Waals surface area (Å²) in [4.78, 5) is 31.9. The Bertz CT molecular complexity index is 1970. The predicted molar refractivity (Wildman–Crippen MR) is 173 cm³/mol. The third-order valence-electron chi connectivity index (χ3n) is 7.86. The van der Waals surface area contributed by atoms with Crippen LogP contribution in [-0.4, -0.2) is 61.9 Å². The molecule has 5 heterocycles. The summed E-state index contributed by atoms with van der Waals surface area (Å²) in [5.41, 5.74) is 1.73. The summed E-state index contributed by atoms with van der Waals surface area (Å²) in [6.07, 6.45) is 1.38. The number of halogens is 3. The Labute approximate surface area is 278 Å². The number of carbonyl (C=O) groups is 2. The maximum absolute atomic E-state index is 13.7. The quantitative estimate of drug-likeness (QED) is 0.155. The molecule has 4 aromatic heterocycles. The van der Waals surface area contributed by atoms with E-state index in [2.05, 4.69) is 10.1 Å². The largest absolute Gasteiger partial charge is 0.484 e. The van der Waals surface area contributed by atoms with Gasteiger partial charge in [-0.15, -0.1) is 11.3 Å². The second kappa shape index (κ2) is 12.6. The molecule has 6 rings (SSSR count). The number of esters is 1. The first-order valence-corrected chi connectivity index (χ1v) is 16.0. The van der Waals surface area contributed by atoms with Crippen LogP contribution < -0.4 is 4.74 Å². The summed E-state index contributed by atoms with van der Waals surface area (Å²) < 4.78 is 61.1. The van der Waals surface area contributed by atoms with Gasteiger partial charge in [-0.3, -0.25) is 9.08 Å². The molecule has 1 unspecified atom stereocenters. The number of alkyl halides is 3. The van der Waals surface area contributed by atoms with Crippen LogP contribution >= 0.6 is 11.3 Å². The lowest BCUT2D eigenvalue weighted by Crippen LogP contribution is -2.52. The molecule has 14 heteroatoms. The second-order valence-corrected chi connectivity index (χ2v) is 13.7. The lowest BCUT2D eigenvalue weighted by molar-refractivity contribution is -0.139. The van der Waals surface area contributed by atoms with Gasteiger partial charge in [0.2, 0.25) is 0 Å². The molecule has 10 nitrogen and oxygen atoms in total. The summed E-state index contributed by atoms with van der Waals surface area (Å²) in [5.74, 6) is -0.268. The molecule has 5 aromatic rings. The molecule has 252 valence electrons. The van der Waals surface area contributed by atoms with Crippen LogP contribution in [-0.2, 0) is 22.2 Å². The zero-order valence-electron chi connectivity index (χ0n) is 26.9. The highest BCUT2D eigenvalue weighted by molar-refractivity contribution is 7.17. The fourth-order valence-electron chi connectivity index (χ4n) is 5.57. The lowest BCUT2D eigenvalue weighted by atomic mass is 10.0. The number of methoxy groups -OCH3 is 1.